The van der Waals surface area contributed by atoms with E-state index in [9.17, 15) is 4.79 Å². The number of aryl methyl sites for hydroxylation is 1. The molecule has 3 aromatic rings. The van der Waals surface area contributed by atoms with E-state index in [1.165, 1.54) is 11.8 Å². The van der Waals surface area contributed by atoms with Gasteiger partial charge in [-0.1, -0.05) is 46.7 Å². The second-order valence-corrected chi connectivity index (χ2v) is 7.82. The predicted octanol–water partition coefficient (Wildman–Crippen LogP) is 2.23. The smallest absolute Gasteiger partial charge is 0.296 e. The van der Waals surface area contributed by atoms with Gasteiger partial charge in [0.1, 0.15) is 0 Å². The molecular formula is C19H22N6O3S. The fourth-order valence-electron chi connectivity index (χ4n) is 2.98. The lowest BCUT2D eigenvalue weighted by atomic mass is 10.1. The van der Waals surface area contributed by atoms with E-state index in [1.807, 2.05) is 31.2 Å². The number of benzene rings is 1. The molecule has 1 saturated heterocycles. The van der Waals surface area contributed by atoms with Crippen LogP contribution >= 0.6 is 11.8 Å². The molecule has 0 bridgehead atoms. The summed E-state index contributed by atoms with van der Waals surface area (Å²) in [6.07, 6.45) is 2.18. The number of hydrogen-bond donors (Lipinski definition) is 1. The fraction of sp³-hybridized carbons (Fsp3) is 0.421. The maximum atomic E-state index is 12.1. The summed E-state index contributed by atoms with van der Waals surface area (Å²) >= 11 is 1.30. The molecule has 1 aromatic carbocycles. The van der Waals surface area contributed by atoms with Crippen molar-refractivity contribution in [2.24, 2.45) is 7.05 Å². The summed E-state index contributed by atoms with van der Waals surface area (Å²) < 4.78 is 12.6. The zero-order valence-electron chi connectivity index (χ0n) is 16.3. The van der Waals surface area contributed by atoms with Gasteiger partial charge in [-0.25, -0.2) is 0 Å². The van der Waals surface area contributed by atoms with E-state index < -0.39 is 0 Å². The number of hydrogen-bond acceptors (Lipinski definition) is 8. The summed E-state index contributed by atoms with van der Waals surface area (Å²) in [6, 6.07) is 7.87. The van der Waals surface area contributed by atoms with Crippen LogP contribution < -0.4 is 5.32 Å². The van der Waals surface area contributed by atoms with E-state index in [-0.39, 0.29) is 23.7 Å². The molecule has 1 aliphatic rings. The van der Waals surface area contributed by atoms with Gasteiger partial charge in [0.2, 0.25) is 17.6 Å². The number of nitrogens with zero attached hydrogens (tertiary/aromatic N) is 5. The van der Waals surface area contributed by atoms with Crippen molar-refractivity contribution >= 4 is 17.7 Å². The maximum Gasteiger partial charge on any atom is 0.296 e. The molecule has 29 heavy (non-hydrogen) atoms. The highest BCUT2D eigenvalue weighted by molar-refractivity contribution is 7.99. The molecule has 1 aliphatic heterocycles. The number of amides is 1. The Labute approximate surface area is 172 Å². The first-order valence-electron chi connectivity index (χ1n) is 9.42. The van der Waals surface area contributed by atoms with E-state index in [4.69, 9.17) is 9.26 Å². The van der Waals surface area contributed by atoms with Crippen LogP contribution in [0.15, 0.2) is 33.9 Å². The van der Waals surface area contributed by atoms with Gasteiger partial charge in [-0.2, -0.15) is 4.98 Å². The molecule has 0 saturated carbocycles. The lowest BCUT2D eigenvalue weighted by Gasteiger charge is -2.10. The van der Waals surface area contributed by atoms with E-state index >= 15 is 0 Å². The van der Waals surface area contributed by atoms with Crippen molar-refractivity contribution in [3.8, 4) is 23.1 Å². The van der Waals surface area contributed by atoms with Crippen molar-refractivity contribution < 1.29 is 14.1 Å². The van der Waals surface area contributed by atoms with Crippen molar-refractivity contribution in [2.75, 3.05) is 18.9 Å². The zero-order chi connectivity index (χ0) is 20.2. The van der Waals surface area contributed by atoms with Crippen LogP contribution in [-0.4, -0.2) is 55.8 Å². The molecule has 1 atom stereocenters. The molecule has 4 rings (SSSR count). The summed E-state index contributed by atoms with van der Waals surface area (Å²) in [6.45, 7) is 3.35. The first kappa shape index (κ1) is 19.6. The standard InChI is InChI=1S/C19H22N6O3S/c1-12-5-7-13(8-6-12)16-21-18(28-24-16)17-22-23-19(25(17)2)29-11-15(26)20-10-14-4-3-9-27-14/h5-8,14H,3-4,9-11H2,1-2H3,(H,20,26)/t14-/m0/s1. The molecule has 10 heteroatoms. The van der Waals surface area contributed by atoms with Crippen LogP contribution in [0.1, 0.15) is 18.4 Å². The van der Waals surface area contributed by atoms with Crippen LogP contribution in [0.4, 0.5) is 0 Å². The molecule has 0 spiro atoms. The number of nitrogens with one attached hydrogen (secondary N) is 1. The summed E-state index contributed by atoms with van der Waals surface area (Å²) in [7, 11) is 1.80. The molecule has 0 unspecified atom stereocenters. The molecule has 0 radical (unpaired) electrons. The lowest BCUT2D eigenvalue weighted by Crippen LogP contribution is -2.32. The average Bonchev–Trinajstić information content (AvgIpc) is 3.47. The molecule has 1 N–H and O–H groups in total. The number of carbonyl (C=O) groups is 1. The van der Waals surface area contributed by atoms with Gasteiger partial charge in [-0.3, -0.25) is 4.79 Å². The molecule has 152 valence electrons. The number of thioether (sulfide) groups is 1. The second kappa shape index (κ2) is 8.75. The van der Waals surface area contributed by atoms with Gasteiger partial charge >= 0.3 is 0 Å². The summed E-state index contributed by atoms with van der Waals surface area (Å²) in [5.41, 5.74) is 2.03. The molecule has 3 heterocycles. The van der Waals surface area contributed by atoms with E-state index in [1.54, 1.807) is 11.6 Å². The van der Waals surface area contributed by atoms with Gasteiger partial charge in [0.05, 0.1) is 11.9 Å². The maximum absolute atomic E-state index is 12.1. The summed E-state index contributed by atoms with van der Waals surface area (Å²) in [5, 5.41) is 15.8. The fourth-order valence-corrected chi connectivity index (χ4v) is 3.72. The number of rotatable bonds is 7. The monoisotopic (exact) mass is 414 g/mol. The minimum atomic E-state index is -0.0607. The Kier molecular flexibility index (Phi) is 5.91. The minimum absolute atomic E-state index is 0.0607. The number of carbonyl (C=O) groups excluding carboxylic acids is 1. The second-order valence-electron chi connectivity index (χ2n) is 6.88. The number of ether oxygens (including phenoxy) is 1. The topological polar surface area (TPSA) is 108 Å². The van der Waals surface area contributed by atoms with Crippen LogP contribution in [-0.2, 0) is 16.6 Å². The van der Waals surface area contributed by atoms with Crippen LogP contribution in [0.5, 0.6) is 0 Å². The Morgan fingerprint density at radius 2 is 2.14 bits per heavy atom. The molecular weight excluding hydrogens is 392 g/mol. The minimum Gasteiger partial charge on any atom is -0.376 e. The Morgan fingerprint density at radius 3 is 2.90 bits per heavy atom. The quantitative estimate of drug-likeness (QED) is 0.587. The molecule has 0 aliphatic carbocycles. The van der Waals surface area contributed by atoms with Crippen molar-refractivity contribution in [3.63, 3.8) is 0 Å². The average molecular weight is 414 g/mol. The molecule has 1 fully saturated rings. The third kappa shape index (κ3) is 4.65. The van der Waals surface area contributed by atoms with E-state index in [0.29, 0.717) is 23.4 Å². The highest BCUT2D eigenvalue weighted by Gasteiger charge is 2.20. The van der Waals surface area contributed by atoms with E-state index in [0.717, 1.165) is 30.6 Å². The van der Waals surface area contributed by atoms with Crippen molar-refractivity contribution in [2.45, 2.75) is 31.0 Å². The van der Waals surface area contributed by atoms with E-state index in [2.05, 4.69) is 25.7 Å². The van der Waals surface area contributed by atoms with Crippen LogP contribution in [0.25, 0.3) is 23.1 Å². The van der Waals surface area contributed by atoms with Gasteiger partial charge < -0.3 is 19.1 Å². The van der Waals surface area contributed by atoms with Gasteiger partial charge in [0, 0.05) is 25.8 Å². The third-order valence-corrected chi connectivity index (χ3v) is 5.67. The van der Waals surface area contributed by atoms with Crippen molar-refractivity contribution in [3.05, 3.63) is 29.8 Å². The zero-order valence-corrected chi connectivity index (χ0v) is 17.1. The van der Waals surface area contributed by atoms with Gasteiger partial charge in [0.25, 0.3) is 5.89 Å². The largest absolute Gasteiger partial charge is 0.376 e. The number of aromatic nitrogens is 5. The lowest BCUT2D eigenvalue weighted by molar-refractivity contribution is -0.119. The van der Waals surface area contributed by atoms with Crippen molar-refractivity contribution in [1.82, 2.24) is 30.2 Å². The van der Waals surface area contributed by atoms with Crippen molar-refractivity contribution in [1.29, 1.82) is 0 Å². The molecule has 2 aromatic heterocycles. The summed E-state index contributed by atoms with van der Waals surface area (Å²) in [4.78, 5) is 16.5. The van der Waals surface area contributed by atoms with Crippen LogP contribution in [0, 0.1) is 6.92 Å². The van der Waals surface area contributed by atoms with Gasteiger partial charge in [-0.05, 0) is 19.8 Å². The van der Waals surface area contributed by atoms with Gasteiger partial charge in [-0.15, -0.1) is 10.2 Å². The first-order chi connectivity index (χ1) is 14.1. The molecule has 9 nitrogen and oxygen atoms in total. The predicted molar refractivity (Wildman–Crippen MR) is 107 cm³/mol. The first-order valence-corrected chi connectivity index (χ1v) is 10.4. The summed E-state index contributed by atoms with van der Waals surface area (Å²) in [5.74, 6) is 1.42. The normalized spacial score (nSPS) is 16.3. The Bertz CT molecular complexity index is 978. The Morgan fingerprint density at radius 1 is 1.31 bits per heavy atom. The Hall–Kier alpha value is -2.72. The van der Waals surface area contributed by atoms with Crippen LogP contribution in [0.3, 0.4) is 0 Å². The third-order valence-electron chi connectivity index (χ3n) is 4.65. The molecule has 1 amide bonds. The SMILES string of the molecule is Cc1ccc(-c2noc(-c3nnc(SCC(=O)NC[C@@H]4CCCO4)n3C)n2)cc1. The highest BCUT2D eigenvalue weighted by Crippen LogP contribution is 2.24. The Balaban J connectivity index is 1.37. The van der Waals surface area contributed by atoms with Gasteiger partial charge in [0.15, 0.2) is 5.16 Å². The van der Waals surface area contributed by atoms with Crippen LogP contribution in [0.2, 0.25) is 0 Å². The highest BCUT2D eigenvalue weighted by atomic mass is 32.2.